The topological polar surface area (TPSA) is 115 Å². The molecule has 2 aromatic rings. The van der Waals surface area contributed by atoms with E-state index in [9.17, 15) is 24.3 Å². The molecule has 0 spiro atoms. The summed E-state index contributed by atoms with van der Waals surface area (Å²) in [6, 6.07) is 3.76. The first-order valence-corrected chi connectivity index (χ1v) is 8.43. The highest BCUT2D eigenvalue weighted by atomic mass is 31.2. The van der Waals surface area contributed by atoms with Crippen molar-refractivity contribution in [2.75, 3.05) is 13.3 Å². The largest absolute Gasteiger partial charge is 0.322 e. The van der Waals surface area contributed by atoms with Gasteiger partial charge in [-0.15, -0.1) is 0 Å². The molecular weight excluding hydrogens is 285 g/mol. The summed E-state index contributed by atoms with van der Waals surface area (Å²) in [6.45, 7) is 3.00. The summed E-state index contributed by atoms with van der Waals surface area (Å²) >= 11 is 0. The molecule has 0 unspecified atom stereocenters. The van der Waals surface area contributed by atoms with E-state index in [-0.39, 0.29) is 17.5 Å². The molecule has 0 aliphatic carbocycles. The molecule has 8 nitrogen and oxygen atoms in total. The molecule has 0 fully saturated rings. The number of fused-ring (bicyclic) bond motifs is 1. The van der Waals surface area contributed by atoms with Crippen molar-refractivity contribution in [2.24, 2.45) is 0 Å². The first kappa shape index (κ1) is 14.2. The third-order valence-corrected chi connectivity index (χ3v) is 3.62. The average Bonchev–Trinajstić information content (AvgIpc) is 2.32. The molecule has 0 amide bonds. The van der Waals surface area contributed by atoms with Crippen LogP contribution in [0.2, 0.25) is 0 Å². The zero-order chi connectivity index (χ0) is 15.1. The Labute approximate surface area is 112 Å². The first-order chi connectivity index (χ1) is 9.19. The van der Waals surface area contributed by atoms with Gasteiger partial charge in [0.2, 0.25) is 0 Å². The van der Waals surface area contributed by atoms with Crippen LogP contribution in [0.1, 0.15) is 0 Å². The summed E-state index contributed by atoms with van der Waals surface area (Å²) in [5.41, 5.74) is -1.45. The van der Waals surface area contributed by atoms with E-state index in [2.05, 4.69) is 4.98 Å². The van der Waals surface area contributed by atoms with Crippen molar-refractivity contribution in [3.05, 3.63) is 49.0 Å². The Balaban J connectivity index is 2.82. The Morgan fingerprint density at radius 3 is 2.55 bits per heavy atom. The molecule has 1 aromatic carbocycles. The molecule has 0 aliphatic heterocycles. The van der Waals surface area contributed by atoms with Gasteiger partial charge in [0.15, 0.2) is 0 Å². The molecule has 0 bridgehead atoms. The van der Waals surface area contributed by atoms with E-state index >= 15 is 0 Å². The van der Waals surface area contributed by atoms with Gasteiger partial charge in [0, 0.05) is 12.1 Å². The van der Waals surface area contributed by atoms with E-state index in [1.807, 2.05) is 0 Å². The number of hydrogen-bond acceptors (Lipinski definition) is 5. The average molecular weight is 297 g/mol. The van der Waals surface area contributed by atoms with Gasteiger partial charge in [0.25, 0.3) is 5.69 Å². The maximum Gasteiger partial charge on any atom is 0.317 e. The van der Waals surface area contributed by atoms with Crippen LogP contribution in [-0.2, 0) is 10.9 Å². The minimum absolute atomic E-state index is 0.0932. The van der Waals surface area contributed by atoms with Gasteiger partial charge in [-0.25, -0.2) is 0 Å². The van der Waals surface area contributed by atoms with Crippen LogP contribution in [0.25, 0.3) is 11.0 Å². The van der Waals surface area contributed by atoms with Crippen molar-refractivity contribution in [2.45, 2.75) is 6.29 Å². The molecule has 0 radical (unpaired) electrons. The van der Waals surface area contributed by atoms with E-state index < -0.39 is 23.2 Å². The van der Waals surface area contributed by atoms with Crippen molar-refractivity contribution in [3.63, 3.8) is 0 Å². The Hall–Kier alpha value is -2.21. The molecular formula is C11H12N3O5P. The molecule has 1 aromatic heterocycles. The number of aromatic amines is 1. The number of aromatic nitrogens is 2. The van der Waals surface area contributed by atoms with Gasteiger partial charge in [-0.3, -0.25) is 24.3 Å². The maximum atomic E-state index is 11.9. The first-order valence-electron chi connectivity index (χ1n) is 5.64. The lowest BCUT2D eigenvalue weighted by Crippen LogP contribution is -2.36. The van der Waals surface area contributed by atoms with Gasteiger partial charge < -0.3 is 9.55 Å². The molecule has 0 saturated carbocycles. The highest BCUT2D eigenvalue weighted by molar-refractivity contribution is 7.61. The highest BCUT2D eigenvalue weighted by Crippen LogP contribution is 2.38. The SMILES string of the molecule is CP(C)(=O)Cn1c(=O)c(=O)[nH]c2cc([N+](=O)[O-])ccc21. The van der Waals surface area contributed by atoms with Crippen LogP contribution >= 0.6 is 7.14 Å². The number of nitrogens with one attached hydrogen (secondary N) is 1. The molecule has 2 rings (SSSR count). The second-order valence-corrected chi connectivity index (χ2v) is 8.29. The number of hydrogen-bond donors (Lipinski definition) is 1. The van der Waals surface area contributed by atoms with Crippen LogP contribution in [0.3, 0.4) is 0 Å². The van der Waals surface area contributed by atoms with Crippen molar-refractivity contribution >= 4 is 23.9 Å². The Kier molecular flexibility index (Phi) is 3.35. The molecule has 9 heteroatoms. The van der Waals surface area contributed by atoms with Crippen molar-refractivity contribution in [1.29, 1.82) is 0 Å². The van der Waals surface area contributed by atoms with Gasteiger partial charge in [0.05, 0.1) is 22.2 Å². The van der Waals surface area contributed by atoms with Gasteiger partial charge in [0.1, 0.15) is 7.14 Å². The Morgan fingerprint density at radius 2 is 2.00 bits per heavy atom. The molecule has 20 heavy (non-hydrogen) atoms. The number of nitro groups is 1. The van der Waals surface area contributed by atoms with Gasteiger partial charge in [-0.1, -0.05) is 0 Å². The Bertz CT molecular complexity index is 860. The third-order valence-electron chi connectivity index (χ3n) is 2.65. The number of nitro benzene ring substituents is 1. The highest BCUT2D eigenvalue weighted by Gasteiger charge is 2.16. The predicted molar refractivity (Wildman–Crippen MR) is 74.9 cm³/mol. The molecule has 1 N–H and O–H groups in total. The van der Waals surface area contributed by atoms with E-state index in [1.165, 1.54) is 31.5 Å². The van der Waals surface area contributed by atoms with Crippen LogP contribution in [0, 0.1) is 10.1 Å². The standard InChI is InChI=1S/C11H12N3O5P/c1-20(2,19)6-13-9-4-3-7(14(17)18)5-8(9)12-10(15)11(13)16/h3-5H,6H2,1-2H3,(H,12,15). The van der Waals surface area contributed by atoms with Crippen LogP contribution in [0.4, 0.5) is 5.69 Å². The van der Waals surface area contributed by atoms with Crippen molar-refractivity contribution in [1.82, 2.24) is 9.55 Å². The number of nitrogens with zero attached hydrogens (tertiary/aromatic N) is 2. The fraction of sp³-hybridized carbons (Fsp3) is 0.273. The summed E-state index contributed by atoms with van der Waals surface area (Å²) in [7, 11) is -2.59. The fourth-order valence-corrected chi connectivity index (χ4v) is 2.82. The smallest absolute Gasteiger partial charge is 0.317 e. The lowest BCUT2D eigenvalue weighted by atomic mass is 10.2. The minimum atomic E-state index is -2.59. The van der Waals surface area contributed by atoms with E-state index in [0.29, 0.717) is 5.52 Å². The second-order valence-electron chi connectivity index (χ2n) is 4.86. The van der Waals surface area contributed by atoms with Crippen LogP contribution in [0.5, 0.6) is 0 Å². The second kappa shape index (κ2) is 4.72. The van der Waals surface area contributed by atoms with E-state index in [1.54, 1.807) is 0 Å². The molecule has 106 valence electrons. The number of rotatable bonds is 3. The molecule has 0 aliphatic rings. The van der Waals surface area contributed by atoms with Crippen LogP contribution < -0.4 is 11.1 Å². The lowest BCUT2D eigenvalue weighted by molar-refractivity contribution is -0.384. The number of benzene rings is 1. The fourth-order valence-electron chi connectivity index (χ4n) is 1.86. The third kappa shape index (κ3) is 2.70. The summed E-state index contributed by atoms with van der Waals surface area (Å²) in [6.07, 6.45) is -0.0932. The van der Waals surface area contributed by atoms with Crippen molar-refractivity contribution in [3.8, 4) is 0 Å². The predicted octanol–water partition coefficient (Wildman–Crippen LogP) is 1.18. The quantitative estimate of drug-likeness (QED) is 0.395. The Morgan fingerprint density at radius 1 is 1.35 bits per heavy atom. The number of H-pyrrole nitrogens is 1. The zero-order valence-electron chi connectivity index (χ0n) is 10.8. The summed E-state index contributed by atoms with van der Waals surface area (Å²) < 4.78 is 13.0. The molecule has 0 saturated heterocycles. The van der Waals surface area contributed by atoms with E-state index in [4.69, 9.17) is 0 Å². The number of non-ortho nitro benzene ring substituents is 1. The maximum absolute atomic E-state index is 11.9. The van der Waals surface area contributed by atoms with Crippen molar-refractivity contribution < 1.29 is 9.49 Å². The van der Waals surface area contributed by atoms with Crippen LogP contribution in [-0.4, -0.2) is 27.8 Å². The monoisotopic (exact) mass is 297 g/mol. The molecule has 1 heterocycles. The lowest BCUT2D eigenvalue weighted by Gasteiger charge is -2.12. The normalized spacial score (nSPS) is 11.7. The van der Waals surface area contributed by atoms with Gasteiger partial charge >= 0.3 is 11.1 Å². The minimum Gasteiger partial charge on any atom is -0.322 e. The van der Waals surface area contributed by atoms with Gasteiger partial charge in [-0.2, -0.15) is 0 Å². The van der Waals surface area contributed by atoms with Gasteiger partial charge in [-0.05, 0) is 19.4 Å². The zero-order valence-corrected chi connectivity index (χ0v) is 11.7. The van der Waals surface area contributed by atoms with Crippen LogP contribution in [0.15, 0.2) is 27.8 Å². The summed E-state index contributed by atoms with van der Waals surface area (Å²) in [5.74, 6) is 0. The summed E-state index contributed by atoms with van der Waals surface area (Å²) in [4.78, 5) is 35.8. The summed E-state index contributed by atoms with van der Waals surface area (Å²) in [5, 5.41) is 10.7. The van der Waals surface area contributed by atoms with E-state index in [0.717, 1.165) is 4.57 Å². The molecule has 0 atom stereocenters.